The van der Waals surface area contributed by atoms with Crippen LogP contribution in [0.5, 0.6) is 0 Å². The maximum atomic E-state index is 6.22. The van der Waals surface area contributed by atoms with Gasteiger partial charge in [-0.1, -0.05) is 27.2 Å². The highest BCUT2D eigenvalue weighted by atomic mass is 32.2. The topological polar surface area (TPSA) is 26.0 Å². The number of rotatable bonds is 4. The molecule has 1 nitrogen and oxygen atoms in total. The summed E-state index contributed by atoms with van der Waals surface area (Å²) >= 11 is 1.99. The minimum Gasteiger partial charge on any atom is -0.327 e. The number of thioether (sulfide) groups is 1. The van der Waals surface area contributed by atoms with E-state index in [0.717, 1.165) is 23.5 Å². The van der Waals surface area contributed by atoms with Crippen LogP contribution in [0.25, 0.3) is 0 Å². The Bertz CT molecular complexity index is 160. The summed E-state index contributed by atoms with van der Waals surface area (Å²) in [7, 11) is 0. The molecule has 0 saturated heterocycles. The van der Waals surface area contributed by atoms with Gasteiger partial charge in [0.25, 0.3) is 0 Å². The average molecular weight is 215 g/mol. The normalized spacial score (nSPS) is 35.6. The van der Waals surface area contributed by atoms with Gasteiger partial charge in [0.15, 0.2) is 0 Å². The van der Waals surface area contributed by atoms with E-state index >= 15 is 0 Å². The van der Waals surface area contributed by atoms with Gasteiger partial charge in [-0.3, -0.25) is 0 Å². The fraction of sp³-hybridized carbons (Fsp3) is 1.00. The Morgan fingerprint density at radius 2 is 2.00 bits per heavy atom. The van der Waals surface area contributed by atoms with Crippen LogP contribution in [0.1, 0.15) is 40.0 Å². The van der Waals surface area contributed by atoms with E-state index in [2.05, 4.69) is 20.8 Å². The number of hydrogen-bond donors (Lipinski definition) is 1. The van der Waals surface area contributed by atoms with E-state index in [1.807, 2.05) is 11.8 Å². The number of hydrogen-bond acceptors (Lipinski definition) is 2. The third-order valence-corrected chi connectivity index (χ3v) is 4.79. The lowest BCUT2D eigenvalue weighted by Gasteiger charge is -2.35. The molecule has 0 aliphatic heterocycles. The smallest absolute Gasteiger partial charge is 0.0159 e. The van der Waals surface area contributed by atoms with E-state index in [1.165, 1.54) is 25.0 Å². The molecule has 1 aliphatic rings. The molecule has 0 aromatic rings. The molecule has 4 unspecified atom stereocenters. The van der Waals surface area contributed by atoms with Crippen molar-refractivity contribution in [1.82, 2.24) is 0 Å². The van der Waals surface area contributed by atoms with Gasteiger partial charge >= 0.3 is 0 Å². The molecule has 2 N–H and O–H groups in total. The Morgan fingerprint density at radius 3 is 2.57 bits per heavy atom. The van der Waals surface area contributed by atoms with Crippen molar-refractivity contribution in [3.05, 3.63) is 0 Å². The highest BCUT2D eigenvalue weighted by Crippen LogP contribution is 2.35. The van der Waals surface area contributed by atoms with Crippen molar-refractivity contribution < 1.29 is 0 Å². The Hall–Kier alpha value is 0.310. The zero-order valence-corrected chi connectivity index (χ0v) is 10.6. The SMILES string of the molecule is CCSCC(N)C1CCC(C)C(C)C1. The van der Waals surface area contributed by atoms with Gasteiger partial charge in [0.05, 0.1) is 0 Å². The van der Waals surface area contributed by atoms with Crippen molar-refractivity contribution in [2.75, 3.05) is 11.5 Å². The molecule has 0 spiro atoms. The van der Waals surface area contributed by atoms with Crippen LogP contribution in [-0.2, 0) is 0 Å². The van der Waals surface area contributed by atoms with Crippen LogP contribution in [0.15, 0.2) is 0 Å². The minimum absolute atomic E-state index is 0.440. The molecule has 0 aromatic heterocycles. The lowest BCUT2D eigenvalue weighted by atomic mass is 9.74. The first-order valence-corrected chi connectivity index (χ1v) is 7.14. The fourth-order valence-corrected chi connectivity index (χ4v) is 3.15. The van der Waals surface area contributed by atoms with Crippen molar-refractivity contribution in [2.24, 2.45) is 23.5 Å². The van der Waals surface area contributed by atoms with Crippen LogP contribution >= 0.6 is 11.8 Å². The van der Waals surface area contributed by atoms with E-state index in [1.54, 1.807) is 0 Å². The molecule has 0 amide bonds. The van der Waals surface area contributed by atoms with E-state index < -0.39 is 0 Å². The zero-order valence-electron chi connectivity index (χ0n) is 9.83. The monoisotopic (exact) mass is 215 g/mol. The lowest BCUT2D eigenvalue weighted by molar-refractivity contribution is 0.192. The van der Waals surface area contributed by atoms with Crippen LogP contribution in [0.2, 0.25) is 0 Å². The molecule has 0 heterocycles. The van der Waals surface area contributed by atoms with Gasteiger partial charge in [-0.2, -0.15) is 11.8 Å². The largest absolute Gasteiger partial charge is 0.327 e. The first-order valence-electron chi connectivity index (χ1n) is 5.98. The summed E-state index contributed by atoms with van der Waals surface area (Å²) in [5.41, 5.74) is 6.22. The van der Waals surface area contributed by atoms with Gasteiger partial charge in [0, 0.05) is 11.8 Å². The van der Waals surface area contributed by atoms with E-state index in [-0.39, 0.29) is 0 Å². The zero-order chi connectivity index (χ0) is 10.6. The summed E-state index contributed by atoms with van der Waals surface area (Å²) in [4.78, 5) is 0. The molecule has 0 aromatic carbocycles. The Morgan fingerprint density at radius 1 is 1.29 bits per heavy atom. The van der Waals surface area contributed by atoms with Gasteiger partial charge in [-0.15, -0.1) is 0 Å². The van der Waals surface area contributed by atoms with Crippen LogP contribution in [0.3, 0.4) is 0 Å². The molecule has 84 valence electrons. The minimum atomic E-state index is 0.440. The van der Waals surface area contributed by atoms with Crippen molar-refractivity contribution in [3.8, 4) is 0 Å². The Kier molecular flexibility index (Phi) is 5.32. The molecule has 1 saturated carbocycles. The summed E-state index contributed by atoms with van der Waals surface area (Å²) < 4.78 is 0. The van der Waals surface area contributed by atoms with Crippen LogP contribution < -0.4 is 5.73 Å². The molecular weight excluding hydrogens is 190 g/mol. The van der Waals surface area contributed by atoms with Gasteiger partial charge < -0.3 is 5.73 Å². The van der Waals surface area contributed by atoms with E-state index in [9.17, 15) is 0 Å². The second kappa shape index (κ2) is 6.02. The van der Waals surface area contributed by atoms with Crippen molar-refractivity contribution in [3.63, 3.8) is 0 Å². The predicted molar refractivity (Wildman–Crippen MR) is 66.6 cm³/mol. The Labute approximate surface area is 93.2 Å². The van der Waals surface area contributed by atoms with Crippen molar-refractivity contribution >= 4 is 11.8 Å². The summed E-state index contributed by atoms with van der Waals surface area (Å²) in [6.07, 6.45) is 4.10. The van der Waals surface area contributed by atoms with Crippen LogP contribution in [-0.4, -0.2) is 17.5 Å². The molecular formula is C12H25NS. The molecule has 1 rings (SSSR count). The first kappa shape index (κ1) is 12.4. The van der Waals surface area contributed by atoms with Crippen LogP contribution in [0, 0.1) is 17.8 Å². The predicted octanol–water partition coefficient (Wildman–Crippen LogP) is 3.14. The van der Waals surface area contributed by atoms with E-state index in [0.29, 0.717) is 6.04 Å². The highest BCUT2D eigenvalue weighted by molar-refractivity contribution is 7.99. The van der Waals surface area contributed by atoms with Gasteiger partial charge in [-0.05, 0) is 36.3 Å². The maximum absolute atomic E-state index is 6.22. The number of nitrogens with two attached hydrogens (primary N) is 1. The van der Waals surface area contributed by atoms with E-state index in [4.69, 9.17) is 5.73 Å². The molecule has 1 aliphatic carbocycles. The van der Waals surface area contributed by atoms with Gasteiger partial charge in [0.2, 0.25) is 0 Å². The summed E-state index contributed by atoms with van der Waals surface area (Å²) in [5, 5.41) is 0. The molecule has 0 bridgehead atoms. The van der Waals surface area contributed by atoms with Crippen molar-refractivity contribution in [2.45, 2.75) is 46.1 Å². The molecule has 1 fully saturated rings. The molecule has 14 heavy (non-hydrogen) atoms. The molecule has 0 radical (unpaired) electrons. The second-order valence-corrected chi connectivity index (χ2v) is 6.17. The molecule has 4 atom stereocenters. The van der Waals surface area contributed by atoms with Gasteiger partial charge in [-0.25, -0.2) is 0 Å². The molecule has 2 heteroatoms. The first-order chi connectivity index (χ1) is 6.65. The quantitative estimate of drug-likeness (QED) is 0.779. The standard InChI is InChI=1S/C12H25NS/c1-4-14-8-12(13)11-6-5-9(2)10(3)7-11/h9-12H,4-8,13H2,1-3H3. The fourth-order valence-electron chi connectivity index (χ4n) is 2.37. The maximum Gasteiger partial charge on any atom is 0.0159 e. The summed E-state index contributed by atoms with van der Waals surface area (Å²) in [6, 6.07) is 0.440. The highest BCUT2D eigenvalue weighted by Gasteiger charge is 2.27. The Balaban J connectivity index is 2.30. The second-order valence-electron chi connectivity index (χ2n) is 4.85. The van der Waals surface area contributed by atoms with Crippen LogP contribution in [0.4, 0.5) is 0 Å². The average Bonchev–Trinajstić information content (AvgIpc) is 2.18. The van der Waals surface area contributed by atoms with Gasteiger partial charge in [0.1, 0.15) is 0 Å². The van der Waals surface area contributed by atoms with Crippen molar-refractivity contribution in [1.29, 1.82) is 0 Å². The third kappa shape index (κ3) is 3.47. The summed E-state index contributed by atoms with van der Waals surface area (Å²) in [6.45, 7) is 6.98. The summed E-state index contributed by atoms with van der Waals surface area (Å²) in [5.74, 6) is 4.94. The lowest BCUT2D eigenvalue weighted by Crippen LogP contribution is -2.37. The third-order valence-electron chi connectivity index (χ3n) is 3.76.